The first-order chi connectivity index (χ1) is 37.7. The molecule has 0 atom stereocenters. The molecule has 4 heterocycles. The van der Waals surface area contributed by atoms with Gasteiger partial charge in [0.05, 0.1) is 11.0 Å². The second-order valence-corrected chi connectivity index (χ2v) is 21.9. The van der Waals surface area contributed by atoms with E-state index < -0.39 is 0 Å². The number of unbranched alkanes of at least 4 members (excludes halogenated alkanes) is 1. The molecule has 14 rings (SSSR count). The molecule has 10 aromatic carbocycles. The van der Waals surface area contributed by atoms with Gasteiger partial charge in [0.1, 0.15) is 17.0 Å². The van der Waals surface area contributed by atoms with Crippen LogP contribution in [0.25, 0.3) is 50.0 Å². The van der Waals surface area contributed by atoms with Crippen molar-refractivity contribution in [2.24, 2.45) is 0 Å². The number of benzene rings is 10. The Morgan fingerprint density at radius 1 is 0.519 bits per heavy atom. The number of aryl methyl sites for hydroxylation is 2. The van der Waals surface area contributed by atoms with Crippen molar-refractivity contribution in [2.45, 2.75) is 59.3 Å². The summed E-state index contributed by atoms with van der Waals surface area (Å²) in [5, 5.41) is 2.26. The number of hydrogen-bond donors (Lipinski definition) is 0. The van der Waals surface area contributed by atoms with Crippen molar-refractivity contribution >= 4 is 107 Å². The third-order valence-electron chi connectivity index (χ3n) is 15.9. The van der Waals surface area contributed by atoms with E-state index in [9.17, 15) is 0 Å². The Morgan fingerprint density at radius 2 is 1.14 bits per heavy atom. The molecule has 0 N–H and O–H groups in total. The quantitative estimate of drug-likeness (QED) is 0.128. The van der Waals surface area contributed by atoms with E-state index in [1.165, 1.54) is 33.1 Å². The lowest BCUT2D eigenvalue weighted by Gasteiger charge is -2.44. The molecule has 6 nitrogen and oxygen atoms in total. The van der Waals surface area contributed by atoms with Gasteiger partial charge in [-0.1, -0.05) is 149 Å². The molecule has 372 valence electrons. The Balaban J connectivity index is 1.06. The molecule has 0 radical (unpaired) electrons. The van der Waals surface area contributed by atoms with Crippen LogP contribution in [0.3, 0.4) is 0 Å². The van der Waals surface area contributed by atoms with Crippen molar-refractivity contribution in [3.63, 3.8) is 0 Å². The highest BCUT2D eigenvalue weighted by molar-refractivity contribution is 7.00. The molecule has 0 bridgehead atoms. The van der Waals surface area contributed by atoms with E-state index in [0.29, 0.717) is 0 Å². The average Bonchev–Trinajstić information content (AvgIpc) is 4.20. The summed E-state index contributed by atoms with van der Waals surface area (Å²) in [4.78, 5) is 13.0. The van der Waals surface area contributed by atoms with Crippen LogP contribution >= 0.6 is 0 Å². The van der Waals surface area contributed by atoms with Crippen molar-refractivity contribution in [1.29, 1.82) is 0 Å². The van der Waals surface area contributed by atoms with Crippen LogP contribution in [0.2, 0.25) is 0 Å². The number of imidazole rings is 1. The number of furan rings is 1. The van der Waals surface area contributed by atoms with Crippen molar-refractivity contribution in [1.82, 2.24) is 9.55 Å². The number of para-hydroxylation sites is 3. The Kier molecular flexibility index (Phi) is 11.1. The van der Waals surface area contributed by atoms with Gasteiger partial charge in [-0.05, 0) is 168 Å². The summed E-state index contributed by atoms with van der Waals surface area (Å²) >= 11 is 0. The van der Waals surface area contributed by atoms with Gasteiger partial charge in [-0.2, -0.15) is 0 Å². The number of fused-ring (bicyclic) bond motifs is 8. The summed E-state index contributed by atoms with van der Waals surface area (Å²) in [6, 6.07) is 82.6. The number of aromatic nitrogens is 2. The molecule has 77 heavy (non-hydrogen) atoms. The molecule has 12 aromatic rings. The maximum Gasteiger partial charge on any atom is 0.252 e. The van der Waals surface area contributed by atoms with Gasteiger partial charge in [0.25, 0.3) is 6.71 Å². The molecule has 0 amide bonds. The second-order valence-electron chi connectivity index (χ2n) is 21.9. The Hall–Kier alpha value is -9.07. The maximum atomic E-state index is 6.59. The fraction of sp³-hybridized carbons (Fsp3) is 0.129. The predicted octanol–water partition coefficient (Wildman–Crippen LogP) is 17.1. The summed E-state index contributed by atoms with van der Waals surface area (Å²) in [6.07, 6.45) is 3.35. The molecule has 2 aliphatic rings. The molecule has 7 heteroatoms. The first-order valence-electron chi connectivity index (χ1n) is 27.2. The van der Waals surface area contributed by atoms with Crippen LogP contribution in [0, 0.1) is 6.92 Å². The molecule has 0 spiro atoms. The van der Waals surface area contributed by atoms with Crippen LogP contribution in [-0.2, 0) is 11.8 Å². The molecule has 0 saturated carbocycles. The number of anilines is 9. The zero-order valence-corrected chi connectivity index (χ0v) is 44.2. The van der Waals surface area contributed by atoms with Gasteiger partial charge in [-0.25, -0.2) is 4.98 Å². The lowest BCUT2D eigenvalue weighted by molar-refractivity contribution is 0.590. The zero-order chi connectivity index (χ0) is 51.9. The fourth-order valence-electron chi connectivity index (χ4n) is 12.1. The highest BCUT2D eigenvalue weighted by atomic mass is 16.3. The van der Waals surface area contributed by atoms with E-state index in [4.69, 9.17) is 9.40 Å². The van der Waals surface area contributed by atoms with Gasteiger partial charge < -0.3 is 19.1 Å². The van der Waals surface area contributed by atoms with Gasteiger partial charge in [-0.3, -0.25) is 4.57 Å². The fourth-order valence-corrected chi connectivity index (χ4v) is 12.1. The molecular weight excluding hydrogens is 938 g/mol. The molecule has 0 unspecified atom stereocenters. The van der Waals surface area contributed by atoms with E-state index in [2.05, 4.69) is 278 Å². The van der Waals surface area contributed by atoms with Crippen LogP contribution in [-0.4, -0.2) is 16.3 Å². The number of nitrogens with zero attached hydrogens (tertiary/aromatic N) is 5. The van der Waals surface area contributed by atoms with Crippen molar-refractivity contribution < 1.29 is 4.42 Å². The van der Waals surface area contributed by atoms with Gasteiger partial charge in [0.15, 0.2) is 0 Å². The van der Waals surface area contributed by atoms with Crippen LogP contribution in [0.1, 0.15) is 57.2 Å². The van der Waals surface area contributed by atoms with E-state index >= 15 is 0 Å². The van der Waals surface area contributed by atoms with Crippen molar-refractivity contribution in [2.75, 3.05) is 14.7 Å². The predicted molar refractivity (Wildman–Crippen MR) is 325 cm³/mol. The highest BCUT2D eigenvalue weighted by Gasteiger charge is 2.44. The van der Waals surface area contributed by atoms with Gasteiger partial charge in [0.2, 0.25) is 0 Å². The summed E-state index contributed by atoms with van der Waals surface area (Å²) in [7, 11) is 0. The number of hydrogen-bond acceptors (Lipinski definition) is 5. The molecule has 0 aliphatic carbocycles. The van der Waals surface area contributed by atoms with E-state index in [-0.39, 0.29) is 12.1 Å². The molecule has 0 saturated heterocycles. The molecule has 2 aliphatic heterocycles. The van der Waals surface area contributed by atoms with Crippen LogP contribution in [0.15, 0.2) is 229 Å². The normalized spacial score (nSPS) is 12.8. The maximum absolute atomic E-state index is 6.59. The topological polar surface area (TPSA) is 40.7 Å². The average molecular weight is 996 g/mol. The minimum absolute atomic E-state index is 0.00595. The summed E-state index contributed by atoms with van der Waals surface area (Å²) in [5.74, 6) is 0.906. The minimum Gasteiger partial charge on any atom is -0.456 e. The van der Waals surface area contributed by atoms with Crippen LogP contribution in [0.4, 0.5) is 51.2 Å². The van der Waals surface area contributed by atoms with E-state index in [0.717, 1.165) is 120 Å². The van der Waals surface area contributed by atoms with Gasteiger partial charge in [-0.15, -0.1) is 0 Å². The monoisotopic (exact) mass is 995 g/mol. The first-order valence-corrected chi connectivity index (χ1v) is 27.2. The van der Waals surface area contributed by atoms with Crippen LogP contribution in [0.5, 0.6) is 0 Å². The summed E-state index contributed by atoms with van der Waals surface area (Å²) in [6.45, 7) is 11.1. The van der Waals surface area contributed by atoms with Crippen LogP contribution < -0.4 is 31.1 Å². The standard InChI is InChI=1S/C70H58BN5O/c1-6-7-18-47-29-39-66-56(41-47)57-42-54(37-40-67(57)77-66)75-62-26-17-25-61-68(62)71(59-44-65-60(45-64(59)75)72-69(48-30-27-46(2)28-31-48)76(65)52-23-15-10-16-24-52)58-38-36-55(73(50-19-11-8-12-20-50)51-21-13-9-14-22-51)43-63(58)74(61)53-34-32-49(33-35-53)70(3,4)5/h8-17,19-45H,6-7,18H2,1-5H3. The third-order valence-corrected chi connectivity index (χ3v) is 15.9. The molecule has 0 fully saturated rings. The van der Waals surface area contributed by atoms with E-state index in [1.807, 2.05) is 0 Å². The van der Waals surface area contributed by atoms with Crippen molar-refractivity contribution in [3.8, 4) is 17.1 Å². The summed E-state index contributed by atoms with van der Waals surface area (Å²) < 4.78 is 8.95. The second kappa shape index (κ2) is 18.3. The first kappa shape index (κ1) is 46.5. The SMILES string of the molecule is CCCCc1ccc2oc3ccc(N4c5cc6nc(-c7ccc(C)cc7)n(-c7ccccc7)c6cc5B5c6ccc(N(c7ccccc7)c7ccccc7)cc6N(c6ccc(C(C)(C)C)cc6)c6cccc4c65)cc3c2c1. The van der Waals surface area contributed by atoms with Crippen molar-refractivity contribution in [3.05, 3.63) is 241 Å². The van der Waals surface area contributed by atoms with Gasteiger partial charge >= 0.3 is 0 Å². The smallest absolute Gasteiger partial charge is 0.252 e. The molecular formula is C70H58BN5O. The minimum atomic E-state index is -0.144. The third kappa shape index (κ3) is 7.82. The number of rotatable bonds is 10. The largest absolute Gasteiger partial charge is 0.456 e. The Labute approximate surface area is 451 Å². The Bertz CT molecular complexity index is 4160. The zero-order valence-electron chi connectivity index (χ0n) is 44.2. The van der Waals surface area contributed by atoms with E-state index in [1.54, 1.807) is 0 Å². The lowest BCUT2D eigenvalue weighted by atomic mass is 9.33. The lowest BCUT2D eigenvalue weighted by Crippen LogP contribution is -2.61. The highest BCUT2D eigenvalue weighted by Crippen LogP contribution is 2.48. The summed E-state index contributed by atoms with van der Waals surface area (Å²) in [5.41, 5.74) is 23.4. The molecule has 2 aromatic heterocycles. The Morgan fingerprint density at radius 3 is 1.82 bits per heavy atom. The van der Waals surface area contributed by atoms with Gasteiger partial charge in [0, 0.05) is 73.2 Å².